The lowest BCUT2D eigenvalue weighted by Gasteiger charge is -2.23. The maximum Gasteiger partial charge on any atom is 0.308 e. The van der Waals surface area contributed by atoms with Crippen LogP contribution in [0, 0.1) is 5.92 Å². The first-order chi connectivity index (χ1) is 8.61. The number of nitrogens with zero attached hydrogens (tertiary/aromatic N) is 4. The second-order valence-corrected chi connectivity index (χ2v) is 5.18. The van der Waals surface area contributed by atoms with Gasteiger partial charge < -0.3 is 5.11 Å². The second kappa shape index (κ2) is 5.46. The van der Waals surface area contributed by atoms with Crippen LogP contribution in [0.5, 0.6) is 0 Å². The first-order valence-corrected chi connectivity index (χ1v) is 6.62. The molecule has 0 amide bonds. The number of carbonyl (C=O) groups is 1. The molecule has 0 aliphatic heterocycles. The van der Waals surface area contributed by atoms with Gasteiger partial charge in [0, 0.05) is 5.92 Å². The fraction of sp³-hybridized carbons (Fsp3) is 0.833. The summed E-state index contributed by atoms with van der Waals surface area (Å²) in [5.41, 5.74) is 0. The summed E-state index contributed by atoms with van der Waals surface area (Å²) in [5, 5.41) is 20.9. The van der Waals surface area contributed by atoms with Crippen LogP contribution in [-0.2, 0) is 4.79 Å². The Bertz CT molecular complexity index is 412. The summed E-state index contributed by atoms with van der Waals surface area (Å²) in [6, 6.07) is -0.213. The Kier molecular flexibility index (Phi) is 3.93. The van der Waals surface area contributed by atoms with Crippen molar-refractivity contribution in [2.45, 2.75) is 57.9 Å². The van der Waals surface area contributed by atoms with E-state index in [9.17, 15) is 4.79 Å². The Morgan fingerprint density at radius 1 is 1.33 bits per heavy atom. The molecule has 2 rings (SSSR count). The molecule has 18 heavy (non-hydrogen) atoms. The molecule has 1 fully saturated rings. The largest absolute Gasteiger partial charge is 0.481 e. The maximum absolute atomic E-state index is 11.0. The quantitative estimate of drug-likeness (QED) is 0.886. The Morgan fingerprint density at radius 3 is 2.61 bits per heavy atom. The molecule has 1 aromatic heterocycles. The molecule has 100 valence electrons. The van der Waals surface area contributed by atoms with Crippen molar-refractivity contribution >= 4 is 5.97 Å². The SMILES string of the molecule is CC(C(=O)O)C(C)n1nnnc1C1CCCCC1. The standard InChI is InChI=1S/C12H20N4O2/c1-8(12(17)18)9(2)16-11(13-14-15-16)10-6-4-3-5-7-10/h8-10H,3-7H2,1-2H3,(H,17,18). The van der Waals surface area contributed by atoms with Gasteiger partial charge in [-0.05, 0) is 37.1 Å². The van der Waals surface area contributed by atoms with Crippen LogP contribution >= 0.6 is 0 Å². The average Bonchev–Trinajstić information content (AvgIpc) is 2.87. The molecule has 1 N–H and O–H groups in total. The molecule has 0 bridgehead atoms. The normalized spacial score (nSPS) is 20.6. The molecule has 1 aromatic rings. The van der Waals surface area contributed by atoms with Crippen molar-refractivity contribution in [2.24, 2.45) is 5.92 Å². The van der Waals surface area contributed by atoms with E-state index in [2.05, 4.69) is 15.5 Å². The Balaban J connectivity index is 2.18. The number of aromatic nitrogens is 4. The zero-order chi connectivity index (χ0) is 13.1. The minimum absolute atomic E-state index is 0.213. The average molecular weight is 252 g/mol. The van der Waals surface area contributed by atoms with Gasteiger partial charge in [0.25, 0.3) is 0 Å². The first kappa shape index (κ1) is 13.0. The number of hydrogen-bond acceptors (Lipinski definition) is 4. The number of rotatable bonds is 4. The van der Waals surface area contributed by atoms with Crippen molar-refractivity contribution in [1.29, 1.82) is 0 Å². The van der Waals surface area contributed by atoms with Crippen LogP contribution in [0.2, 0.25) is 0 Å². The Hall–Kier alpha value is -1.46. The highest BCUT2D eigenvalue weighted by Crippen LogP contribution is 2.32. The van der Waals surface area contributed by atoms with Crippen LogP contribution in [0.25, 0.3) is 0 Å². The van der Waals surface area contributed by atoms with Gasteiger partial charge in [-0.2, -0.15) is 0 Å². The van der Waals surface area contributed by atoms with E-state index >= 15 is 0 Å². The second-order valence-electron chi connectivity index (χ2n) is 5.18. The van der Waals surface area contributed by atoms with Gasteiger partial charge in [-0.1, -0.05) is 19.3 Å². The van der Waals surface area contributed by atoms with Crippen molar-refractivity contribution in [1.82, 2.24) is 20.2 Å². The van der Waals surface area contributed by atoms with Crippen molar-refractivity contribution < 1.29 is 9.90 Å². The van der Waals surface area contributed by atoms with E-state index in [1.807, 2.05) is 6.92 Å². The van der Waals surface area contributed by atoms with Crippen LogP contribution in [0.4, 0.5) is 0 Å². The molecule has 1 aliphatic rings. The van der Waals surface area contributed by atoms with E-state index in [0.29, 0.717) is 5.92 Å². The highest BCUT2D eigenvalue weighted by molar-refractivity contribution is 5.70. The molecule has 2 unspecified atom stereocenters. The molecule has 0 saturated heterocycles. The molecular formula is C12H20N4O2. The zero-order valence-corrected chi connectivity index (χ0v) is 10.9. The van der Waals surface area contributed by atoms with Crippen molar-refractivity contribution in [3.05, 3.63) is 5.82 Å². The topological polar surface area (TPSA) is 80.9 Å². The molecule has 1 saturated carbocycles. The maximum atomic E-state index is 11.0. The lowest BCUT2D eigenvalue weighted by Crippen LogP contribution is -2.25. The summed E-state index contributed by atoms with van der Waals surface area (Å²) in [7, 11) is 0. The van der Waals surface area contributed by atoms with Crippen molar-refractivity contribution in [2.75, 3.05) is 0 Å². The fourth-order valence-electron chi connectivity index (χ4n) is 2.54. The Morgan fingerprint density at radius 2 is 2.00 bits per heavy atom. The third-order valence-corrected chi connectivity index (χ3v) is 3.99. The van der Waals surface area contributed by atoms with Gasteiger partial charge in [0.15, 0.2) is 5.82 Å². The molecule has 6 nitrogen and oxygen atoms in total. The summed E-state index contributed by atoms with van der Waals surface area (Å²) >= 11 is 0. The molecule has 1 aliphatic carbocycles. The van der Waals surface area contributed by atoms with E-state index in [-0.39, 0.29) is 6.04 Å². The smallest absolute Gasteiger partial charge is 0.308 e. The molecule has 0 spiro atoms. The van der Waals surface area contributed by atoms with Crippen LogP contribution in [-0.4, -0.2) is 31.3 Å². The third kappa shape index (κ3) is 2.52. The van der Waals surface area contributed by atoms with Gasteiger partial charge in [0.2, 0.25) is 0 Å². The van der Waals surface area contributed by atoms with Gasteiger partial charge in [-0.15, -0.1) is 5.10 Å². The number of carboxylic acid groups (broad SMARTS) is 1. The first-order valence-electron chi connectivity index (χ1n) is 6.62. The number of hydrogen-bond donors (Lipinski definition) is 1. The highest BCUT2D eigenvalue weighted by atomic mass is 16.4. The van der Waals surface area contributed by atoms with Gasteiger partial charge in [-0.3, -0.25) is 4.79 Å². The minimum atomic E-state index is -0.812. The van der Waals surface area contributed by atoms with Crippen molar-refractivity contribution in [3.63, 3.8) is 0 Å². The summed E-state index contributed by atoms with van der Waals surface area (Å²) in [5.74, 6) is -0.0593. The van der Waals surface area contributed by atoms with Gasteiger partial charge in [-0.25, -0.2) is 4.68 Å². The summed E-state index contributed by atoms with van der Waals surface area (Å²) in [4.78, 5) is 11.0. The van der Waals surface area contributed by atoms with Gasteiger partial charge in [0.1, 0.15) is 0 Å². The lowest BCUT2D eigenvalue weighted by atomic mass is 9.88. The molecule has 1 heterocycles. The summed E-state index contributed by atoms with van der Waals surface area (Å²) in [6.07, 6.45) is 5.91. The Labute approximate surface area is 106 Å². The lowest BCUT2D eigenvalue weighted by molar-refractivity contribution is -0.142. The third-order valence-electron chi connectivity index (χ3n) is 3.99. The van der Waals surface area contributed by atoms with E-state index in [1.165, 1.54) is 19.3 Å². The summed E-state index contributed by atoms with van der Waals surface area (Å²) in [6.45, 7) is 3.56. The van der Waals surface area contributed by atoms with E-state index < -0.39 is 11.9 Å². The van der Waals surface area contributed by atoms with Crippen LogP contribution in [0.1, 0.15) is 63.7 Å². The molecule has 6 heteroatoms. The number of carboxylic acids is 1. The number of aliphatic carboxylic acids is 1. The van der Waals surface area contributed by atoms with Gasteiger partial charge in [0.05, 0.1) is 12.0 Å². The van der Waals surface area contributed by atoms with E-state index in [0.717, 1.165) is 18.7 Å². The number of tetrazole rings is 1. The molecule has 0 aromatic carbocycles. The predicted molar refractivity (Wildman–Crippen MR) is 65.2 cm³/mol. The monoisotopic (exact) mass is 252 g/mol. The minimum Gasteiger partial charge on any atom is -0.481 e. The molecule has 2 atom stereocenters. The highest BCUT2D eigenvalue weighted by Gasteiger charge is 2.28. The zero-order valence-electron chi connectivity index (χ0n) is 10.9. The molecule has 0 radical (unpaired) electrons. The van der Waals surface area contributed by atoms with Crippen molar-refractivity contribution in [3.8, 4) is 0 Å². The summed E-state index contributed by atoms with van der Waals surface area (Å²) < 4.78 is 1.70. The molecular weight excluding hydrogens is 232 g/mol. The van der Waals surface area contributed by atoms with E-state index in [1.54, 1.807) is 11.6 Å². The van der Waals surface area contributed by atoms with Crippen LogP contribution in [0.15, 0.2) is 0 Å². The van der Waals surface area contributed by atoms with Crippen LogP contribution < -0.4 is 0 Å². The fourth-order valence-corrected chi connectivity index (χ4v) is 2.54. The van der Waals surface area contributed by atoms with Gasteiger partial charge >= 0.3 is 5.97 Å². The van der Waals surface area contributed by atoms with Crippen LogP contribution in [0.3, 0.4) is 0 Å². The predicted octanol–water partition coefficient (Wildman–Crippen LogP) is 2.00. The van der Waals surface area contributed by atoms with E-state index in [4.69, 9.17) is 5.11 Å².